The predicted octanol–water partition coefficient (Wildman–Crippen LogP) is 2.78. The maximum absolute atomic E-state index is 12.9. The summed E-state index contributed by atoms with van der Waals surface area (Å²) in [5, 5.41) is 0. The van der Waals surface area contributed by atoms with Gasteiger partial charge in [-0.2, -0.15) is 0 Å². The highest BCUT2D eigenvalue weighted by Crippen LogP contribution is 2.27. The van der Waals surface area contributed by atoms with E-state index < -0.39 is 0 Å². The van der Waals surface area contributed by atoms with Gasteiger partial charge < -0.3 is 0 Å². The van der Waals surface area contributed by atoms with E-state index in [9.17, 15) is 4.79 Å². The summed E-state index contributed by atoms with van der Waals surface area (Å²) in [5.74, 6) is 1.16. The molecular weight excluding hydrogens is 312 g/mol. The average Bonchev–Trinajstić information content (AvgIpc) is 3.03. The van der Waals surface area contributed by atoms with Crippen LogP contribution in [0, 0.1) is 5.92 Å². The Balaban J connectivity index is 1.70. The van der Waals surface area contributed by atoms with E-state index >= 15 is 0 Å². The first kappa shape index (κ1) is 16.2. The molecule has 130 valence electrons. The Morgan fingerprint density at radius 2 is 1.96 bits per heavy atom. The molecule has 1 aromatic heterocycles. The van der Waals surface area contributed by atoms with Crippen molar-refractivity contribution in [2.75, 3.05) is 6.54 Å². The second-order valence-corrected chi connectivity index (χ2v) is 7.24. The van der Waals surface area contributed by atoms with Gasteiger partial charge in [-0.1, -0.05) is 44.2 Å². The van der Waals surface area contributed by atoms with Crippen molar-refractivity contribution in [3.8, 4) is 0 Å². The molecule has 1 aromatic carbocycles. The van der Waals surface area contributed by atoms with Gasteiger partial charge in [0.15, 0.2) is 0 Å². The molecule has 0 fully saturated rings. The zero-order valence-electron chi connectivity index (χ0n) is 15.1. The van der Waals surface area contributed by atoms with Crippen LogP contribution in [0.4, 0.5) is 0 Å². The van der Waals surface area contributed by atoms with E-state index in [1.807, 2.05) is 10.6 Å². The molecule has 1 atom stereocenters. The highest BCUT2D eigenvalue weighted by Gasteiger charge is 2.31. The van der Waals surface area contributed by atoms with Gasteiger partial charge in [0.2, 0.25) is 0 Å². The maximum Gasteiger partial charge on any atom is 0.259 e. The third kappa shape index (κ3) is 2.72. The molecule has 5 nitrogen and oxygen atoms in total. The highest BCUT2D eigenvalue weighted by atomic mass is 16.1. The summed E-state index contributed by atoms with van der Waals surface area (Å²) in [6.07, 6.45) is 0. The Morgan fingerprint density at radius 1 is 1.20 bits per heavy atom. The molecule has 1 unspecified atom stereocenters. The number of rotatable bonds is 3. The zero-order chi connectivity index (χ0) is 17.6. The lowest BCUT2D eigenvalue weighted by Gasteiger charge is -2.35. The molecule has 0 N–H and O–H groups in total. The van der Waals surface area contributed by atoms with Crippen molar-refractivity contribution in [3.63, 3.8) is 0 Å². The van der Waals surface area contributed by atoms with Crippen LogP contribution < -0.4 is 5.56 Å². The molecule has 0 saturated heterocycles. The Morgan fingerprint density at radius 3 is 2.68 bits per heavy atom. The fourth-order valence-electron chi connectivity index (χ4n) is 3.81. The quantitative estimate of drug-likeness (QED) is 0.866. The number of benzene rings is 1. The summed E-state index contributed by atoms with van der Waals surface area (Å²) in [7, 11) is 0. The van der Waals surface area contributed by atoms with Gasteiger partial charge in [0, 0.05) is 19.6 Å². The summed E-state index contributed by atoms with van der Waals surface area (Å²) in [5.41, 5.74) is 3.97. The van der Waals surface area contributed by atoms with Gasteiger partial charge >= 0.3 is 0 Å². The highest BCUT2D eigenvalue weighted by molar-refractivity contribution is 6.03. The van der Waals surface area contributed by atoms with Crippen molar-refractivity contribution in [1.29, 1.82) is 0 Å². The number of hydrogen-bond donors (Lipinski definition) is 0. The summed E-state index contributed by atoms with van der Waals surface area (Å²) in [6, 6.07) is 10.6. The molecule has 2 aliphatic heterocycles. The van der Waals surface area contributed by atoms with Gasteiger partial charge in [-0.3, -0.25) is 19.3 Å². The molecule has 2 aliphatic rings. The molecule has 0 bridgehead atoms. The van der Waals surface area contributed by atoms with Crippen molar-refractivity contribution >= 4 is 5.71 Å². The summed E-state index contributed by atoms with van der Waals surface area (Å²) in [4.78, 5) is 24.8. The van der Waals surface area contributed by atoms with Crippen molar-refractivity contribution in [3.05, 3.63) is 63.3 Å². The van der Waals surface area contributed by atoms with Gasteiger partial charge in [0.05, 0.1) is 29.6 Å². The van der Waals surface area contributed by atoms with Crippen molar-refractivity contribution < 1.29 is 0 Å². The van der Waals surface area contributed by atoms with Gasteiger partial charge in [-0.25, -0.2) is 4.98 Å². The molecule has 3 heterocycles. The topological polar surface area (TPSA) is 50.5 Å². The SMILES string of the molecule is CC(C)C1=NCc2c1nc1n(c2=O)CCN(Cc2ccccc2)C1C. The predicted molar refractivity (Wildman–Crippen MR) is 98.8 cm³/mol. The molecule has 0 amide bonds. The van der Waals surface area contributed by atoms with Crippen molar-refractivity contribution in [2.24, 2.45) is 10.9 Å². The molecule has 0 spiro atoms. The fourth-order valence-corrected chi connectivity index (χ4v) is 3.81. The Bertz CT molecular complexity index is 883. The Labute approximate surface area is 148 Å². The second-order valence-electron chi connectivity index (χ2n) is 7.24. The normalized spacial score (nSPS) is 19.7. The van der Waals surface area contributed by atoms with E-state index in [2.05, 4.69) is 54.9 Å². The van der Waals surface area contributed by atoms with E-state index in [0.29, 0.717) is 13.1 Å². The number of fused-ring (bicyclic) bond motifs is 2. The molecule has 5 heteroatoms. The maximum atomic E-state index is 12.9. The average molecular weight is 336 g/mol. The molecule has 0 saturated carbocycles. The van der Waals surface area contributed by atoms with E-state index in [1.54, 1.807) is 0 Å². The molecule has 2 aromatic rings. The fraction of sp³-hybridized carbons (Fsp3) is 0.450. The number of aromatic nitrogens is 2. The lowest BCUT2D eigenvalue weighted by atomic mass is 10.0. The molecule has 25 heavy (non-hydrogen) atoms. The minimum absolute atomic E-state index is 0.102. The third-order valence-corrected chi connectivity index (χ3v) is 5.25. The van der Waals surface area contributed by atoms with Crippen LogP contribution in [0.2, 0.25) is 0 Å². The van der Waals surface area contributed by atoms with Crippen LogP contribution in [-0.2, 0) is 19.6 Å². The van der Waals surface area contributed by atoms with Crippen LogP contribution in [0.3, 0.4) is 0 Å². The number of aliphatic imine (C=N–C) groups is 1. The van der Waals surface area contributed by atoms with Gasteiger partial charge in [0.25, 0.3) is 5.56 Å². The lowest BCUT2D eigenvalue weighted by molar-refractivity contribution is 0.151. The smallest absolute Gasteiger partial charge is 0.259 e. The van der Waals surface area contributed by atoms with Crippen LogP contribution in [0.25, 0.3) is 0 Å². The molecular formula is C20H24N4O. The summed E-state index contributed by atoms with van der Waals surface area (Å²) in [6.45, 7) is 9.28. The van der Waals surface area contributed by atoms with Crippen molar-refractivity contribution in [1.82, 2.24) is 14.5 Å². The van der Waals surface area contributed by atoms with E-state index in [4.69, 9.17) is 4.98 Å². The minimum atomic E-state index is 0.102. The van der Waals surface area contributed by atoms with Crippen LogP contribution in [0.15, 0.2) is 40.1 Å². The van der Waals surface area contributed by atoms with E-state index in [1.165, 1.54) is 5.56 Å². The number of nitrogens with zero attached hydrogens (tertiary/aromatic N) is 4. The second kappa shape index (κ2) is 6.23. The minimum Gasteiger partial charge on any atom is -0.294 e. The lowest BCUT2D eigenvalue weighted by Crippen LogP contribution is -2.43. The van der Waals surface area contributed by atoms with E-state index in [-0.39, 0.29) is 17.5 Å². The Kier molecular flexibility index (Phi) is 4.04. The third-order valence-electron chi connectivity index (χ3n) is 5.25. The van der Waals surface area contributed by atoms with Gasteiger partial charge in [-0.05, 0) is 18.4 Å². The first-order valence-corrected chi connectivity index (χ1v) is 9.02. The van der Waals surface area contributed by atoms with E-state index in [0.717, 1.165) is 35.9 Å². The Hall–Kier alpha value is -2.27. The van der Waals surface area contributed by atoms with Crippen molar-refractivity contribution in [2.45, 2.75) is 46.4 Å². The zero-order valence-corrected chi connectivity index (χ0v) is 15.1. The first-order chi connectivity index (χ1) is 12.1. The standard InChI is InChI=1S/C20H24N4O/c1-13(2)17-18-16(11-21-17)20(25)24-10-9-23(14(3)19(24)22-18)12-15-7-5-4-6-8-15/h4-8,13-14H,9-12H2,1-3H3. The van der Waals surface area contributed by atoms with Crippen LogP contribution in [0.1, 0.15) is 49.5 Å². The molecule has 4 rings (SSSR count). The summed E-state index contributed by atoms with van der Waals surface area (Å²) >= 11 is 0. The van der Waals surface area contributed by atoms with Crippen LogP contribution in [0.5, 0.6) is 0 Å². The summed E-state index contributed by atoms with van der Waals surface area (Å²) < 4.78 is 1.86. The van der Waals surface area contributed by atoms with Gasteiger partial charge in [0.1, 0.15) is 5.82 Å². The largest absolute Gasteiger partial charge is 0.294 e. The molecule has 0 aliphatic carbocycles. The molecule has 0 radical (unpaired) electrons. The van der Waals surface area contributed by atoms with Crippen LogP contribution >= 0.6 is 0 Å². The van der Waals surface area contributed by atoms with Gasteiger partial charge in [-0.15, -0.1) is 0 Å². The number of hydrogen-bond acceptors (Lipinski definition) is 4. The first-order valence-electron chi connectivity index (χ1n) is 9.02. The monoisotopic (exact) mass is 336 g/mol. The van der Waals surface area contributed by atoms with Crippen LogP contribution in [-0.4, -0.2) is 26.7 Å².